The van der Waals surface area contributed by atoms with Gasteiger partial charge in [-0.25, -0.2) is 10.2 Å². The predicted octanol–water partition coefficient (Wildman–Crippen LogP) is 2.80. The lowest BCUT2D eigenvalue weighted by molar-refractivity contribution is -0.120. The summed E-state index contributed by atoms with van der Waals surface area (Å²) in [6, 6.07) is 19.7. The molecular formula is C25H23N3O6. The van der Waals surface area contributed by atoms with Crippen LogP contribution in [-0.2, 0) is 4.79 Å². The molecule has 9 nitrogen and oxygen atoms in total. The molecule has 2 N–H and O–H groups in total. The number of carbonyl (C=O) groups excluding carboxylic acids is 3. The highest BCUT2D eigenvalue weighted by molar-refractivity contribution is 5.96. The van der Waals surface area contributed by atoms with Gasteiger partial charge in [0.15, 0.2) is 0 Å². The number of hydrazone groups is 1. The van der Waals surface area contributed by atoms with Crippen LogP contribution in [0.2, 0.25) is 0 Å². The van der Waals surface area contributed by atoms with Crippen molar-refractivity contribution in [3.05, 3.63) is 89.5 Å². The van der Waals surface area contributed by atoms with Gasteiger partial charge in [0.25, 0.3) is 11.8 Å². The second-order valence-electron chi connectivity index (χ2n) is 6.89. The SMILES string of the molecule is COc1ccc(C(=O)NCC(=O)N/N=C/c2ccc(OC(=O)c3ccc(OC)cc3)cc2)cc1. The van der Waals surface area contributed by atoms with E-state index in [0.717, 1.165) is 0 Å². The lowest BCUT2D eigenvalue weighted by atomic mass is 10.2. The summed E-state index contributed by atoms with van der Waals surface area (Å²) in [5, 5.41) is 6.37. The number of ether oxygens (including phenoxy) is 3. The van der Waals surface area contributed by atoms with Gasteiger partial charge in [-0.3, -0.25) is 9.59 Å². The molecule has 0 radical (unpaired) electrons. The van der Waals surface area contributed by atoms with Crippen molar-refractivity contribution in [1.82, 2.24) is 10.7 Å². The van der Waals surface area contributed by atoms with E-state index in [1.165, 1.54) is 13.3 Å². The fourth-order valence-electron chi connectivity index (χ4n) is 2.74. The van der Waals surface area contributed by atoms with E-state index >= 15 is 0 Å². The molecule has 0 aromatic heterocycles. The topological polar surface area (TPSA) is 115 Å². The largest absolute Gasteiger partial charge is 0.497 e. The molecule has 0 atom stereocenters. The van der Waals surface area contributed by atoms with Crippen molar-refractivity contribution in [3.63, 3.8) is 0 Å². The molecule has 3 rings (SSSR count). The van der Waals surface area contributed by atoms with Gasteiger partial charge in [0.05, 0.1) is 32.5 Å². The van der Waals surface area contributed by atoms with E-state index in [2.05, 4.69) is 15.8 Å². The Morgan fingerprint density at radius 3 is 1.85 bits per heavy atom. The van der Waals surface area contributed by atoms with Gasteiger partial charge in [0, 0.05) is 5.56 Å². The molecule has 0 fully saturated rings. The molecule has 0 bridgehead atoms. The first-order valence-corrected chi connectivity index (χ1v) is 10.2. The van der Waals surface area contributed by atoms with Crippen LogP contribution in [0.5, 0.6) is 17.2 Å². The Balaban J connectivity index is 1.43. The Morgan fingerprint density at radius 2 is 1.29 bits per heavy atom. The van der Waals surface area contributed by atoms with E-state index in [-0.39, 0.29) is 12.5 Å². The van der Waals surface area contributed by atoms with Crippen molar-refractivity contribution in [3.8, 4) is 17.2 Å². The maximum atomic E-state index is 12.2. The smallest absolute Gasteiger partial charge is 0.343 e. The zero-order valence-corrected chi connectivity index (χ0v) is 18.6. The summed E-state index contributed by atoms with van der Waals surface area (Å²) in [6.07, 6.45) is 1.43. The van der Waals surface area contributed by atoms with Crippen LogP contribution in [0.25, 0.3) is 0 Å². The molecule has 0 aliphatic carbocycles. The number of benzene rings is 3. The third-order valence-corrected chi connectivity index (χ3v) is 4.58. The van der Waals surface area contributed by atoms with E-state index in [4.69, 9.17) is 14.2 Å². The Morgan fingerprint density at radius 1 is 0.765 bits per heavy atom. The van der Waals surface area contributed by atoms with Gasteiger partial charge in [0.2, 0.25) is 0 Å². The zero-order chi connectivity index (χ0) is 24.3. The maximum Gasteiger partial charge on any atom is 0.343 e. The van der Waals surface area contributed by atoms with Gasteiger partial charge in [-0.2, -0.15) is 5.10 Å². The molecule has 174 valence electrons. The first-order chi connectivity index (χ1) is 16.5. The highest BCUT2D eigenvalue weighted by Crippen LogP contribution is 2.16. The number of carbonyl (C=O) groups is 3. The minimum atomic E-state index is -0.493. The first-order valence-electron chi connectivity index (χ1n) is 10.2. The van der Waals surface area contributed by atoms with E-state index in [9.17, 15) is 14.4 Å². The summed E-state index contributed by atoms with van der Waals surface area (Å²) in [6.45, 7) is -0.234. The van der Waals surface area contributed by atoms with Gasteiger partial charge in [0.1, 0.15) is 17.2 Å². The summed E-state index contributed by atoms with van der Waals surface area (Å²) < 4.78 is 15.4. The van der Waals surface area contributed by atoms with Crippen LogP contribution in [0.3, 0.4) is 0 Å². The monoisotopic (exact) mass is 461 g/mol. The average molecular weight is 461 g/mol. The third kappa shape index (κ3) is 6.92. The number of nitrogens with zero attached hydrogens (tertiary/aromatic N) is 1. The van der Waals surface area contributed by atoms with E-state index < -0.39 is 11.9 Å². The highest BCUT2D eigenvalue weighted by atomic mass is 16.5. The molecule has 3 aromatic carbocycles. The number of hydrogen-bond donors (Lipinski definition) is 2. The predicted molar refractivity (Wildman–Crippen MR) is 125 cm³/mol. The normalized spacial score (nSPS) is 10.4. The Labute approximate surface area is 196 Å². The summed E-state index contributed by atoms with van der Waals surface area (Å²) >= 11 is 0. The maximum absolute atomic E-state index is 12.2. The minimum Gasteiger partial charge on any atom is -0.497 e. The first kappa shape index (κ1) is 24.0. The fourth-order valence-corrected chi connectivity index (χ4v) is 2.74. The van der Waals surface area contributed by atoms with Crippen molar-refractivity contribution >= 4 is 24.0 Å². The molecule has 3 aromatic rings. The van der Waals surface area contributed by atoms with Gasteiger partial charge < -0.3 is 19.5 Å². The van der Waals surface area contributed by atoms with Crippen molar-refractivity contribution in [1.29, 1.82) is 0 Å². The van der Waals surface area contributed by atoms with Crippen molar-refractivity contribution < 1.29 is 28.6 Å². The molecule has 0 spiro atoms. The highest BCUT2D eigenvalue weighted by Gasteiger charge is 2.09. The van der Waals surface area contributed by atoms with Crippen molar-refractivity contribution in [2.75, 3.05) is 20.8 Å². The summed E-state index contributed by atoms with van der Waals surface area (Å²) in [7, 11) is 3.08. The molecule has 9 heteroatoms. The second-order valence-corrected chi connectivity index (χ2v) is 6.89. The fraction of sp³-hybridized carbons (Fsp3) is 0.120. The molecule has 34 heavy (non-hydrogen) atoms. The molecule has 0 saturated carbocycles. The molecule has 0 aliphatic rings. The van der Waals surface area contributed by atoms with Crippen LogP contribution in [0.4, 0.5) is 0 Å². The number of esters is 1. The van der Waals surface area contributed by atoms with Crippen LogP contribution in [0.1, 0.15) is 26.3 Å². The quantitative estimate of drug-likeness (QED) is 0.219. The standard InChI is InChI=1S/C25H23N3O6/c1-32-20-11-5-18(6-12-20)24(30)26-16-23(29)28-27-15-17-3-9-22(10-4-17)34-25(31)19-7-13-21(33-2)14-8-19/h3-15H,16H2,1-2H3,(H,26,30)(H,28,29)/b27-15+. The number of methoxy groups -OCH3 is 2. The van der Waals surface area contributed by atoms with Crippen LogP contribution in [-0.4, -0.2) is 44.8 Å². The van der Waals surface area contributed by atoms with Gasteiger partial charge in [-0.1, -0.05) is 0 Å². The lowest BCUT2D eigenvalue weighted by Gasteiger charge is -2.06. The third-order valence-electron chi connectivity index (χ3n) is 4.58. The van der Waals surface area contributed by atoms with Gasteiger partial charge >= 0.3 is 5.97 Å². The number of rotatable bonds is 9. The number of hydrogen-bond acceptors (Lipinski definition) is 7. The van der Waals surface area contributed by atoms with Crippen LogP contribution in [0, 0.1) is 0 Å². The molecule has 0 heterocycles. The van der Waals surface area contributed by atoms with Crippen LogP contribution >= 0.6 is 0 Å². The zero-order valence-electron chi connectivity index (χ0n) is 18.6. The van der Waals surface area contributed by atoms with Gasteiger partial charge in [-0.15, -0.1) is 0 Å². The molecular weight excluding hydrogens is 438 g/mol. The molecule has 0 unspecified atom stereocenters. The Kier molecular flexibility index (Phi) is 8.34. The average Bonchev–Trinajstić information content (AvgIpc) is 2.88. The molecule has 2 amide bonds. The van der Waals surface area contributed by atoms with Crippen LogP contribution in [0.15, 0.2) is 77.9 Å². The van der Waals surface area contributed by atoms with Crippen LogP contribution < -0.4 is 25.0 Å². The Hall–Kier alpha value is -4.66. The Bertz CT molecular complexity index is 1160. The summed E-state index contributed by atoms with van der Waals surface area (Å²) in [5.41, 5.74) is 3.81. The van der Waals surface area contributed by atoms with Gasteiger partial charge in [-0.05, 0) is 78.4 Å². The molecule has 0 saturated heterocycles. The van der Waals surface area contributed by atoms with Crippen molar-refractivity contribution in [2.24, 2.45) is 5.10 Å². The number of amides is 2. The summed E-state index contributed by atoms with van der Waals surface area (Å²) in [4.78, 5) is 36.2. The molecule has 0 aliphatic heterocycles. The van der Waals surface area contributed by atoms with Crippen molar-refractivity contribution in [2.45, 2.75) is 0 Å². The lowest BCUT2D eigenvalue weighted by Crippen LogP contribution is -2.34. The summed E-state index contributed by atoms with van der Waals surface area (Å²) in [5.74, 6) is 0.278. The van der Waals surface area contributed by atoms with E-state index in [0.29, 0.717) is 33.9 Å². The minimum absolute atomic E-state index is 0.234. The van der Waals surface area contributed by atoms with E-state index in [1.807, 2.05) is 0 Å². The number of nitrogens with one attached hydrogen (secondary N) is 2. The second kappa shape index (κ2) is 11.8. The van der Waals surface area contributed by atoms with E-state index in [1.54, 1.807) is 79.9 Å².